The van der Waals surface area contributed by atoms with Crippen molar-refractivity contribution in [3.8, 4) is 5.75 Å². The third-order valence-electron chi connectivity index (χ3n) is 3.29. The molecule has 0 saturated heterocycles. The van der Waals surface area contributed by atoms with Crippen molar-refractivity contribution in [3.63, 3.8) is 0 Å². The zero-order chi connectivity index (χ0) is 15.8. The molecule has 1 atom stereocenters. The molecule has 0 aliphatic rings. The summed E-state index contributed by atoms with van der Waals surface area (Å²) in [4.78, 5) is 12.9. The summed E-state index contributed by atoms with van der Waals surface area (Å²) >= 11 is 1.83. The van der Waals surface area contributed by atoms with Crippen molar-refractivity contribution in [1.29, 1.82) is 0 Å². The van der Waals surface area contributed by atoms with E-state index in [1.54, 1.807) is 13.2 Å². The number of rotatable bonds is 8. The van der Waals surface area contributed by atoms with Crippen LogP contribution in [-0.2, 0) is 11.3 Å². The predicted molar refractivity (Wildman–Crippen MR) is 89.0 cm³/mol. The zero-order valence-electron chi connectivity index (χ0n) is 13.0. The predicted octanol–water partition coefficient (Wildman–Crippen LogP) is 2.98. The molecule has 0 radical (unpaired) electrons. The minimum atomic E-state index is -0.965. The van der Waals surface area contributed by atoms with E-state index in [0.717, 1.165) is 29.5 Å². The molecule has 0 aliphatic carbocycles. The van der Waals surface area contributed by atoms with E-state index in [-0.39, 0.29) is 0 Å². The van der Waals surface area contributed by atoms with Gasteiger partial charge < -0.3 is 9.84 Å². The summed E-state index contributed by atoms with van der Waals surface area (Å²) in [7, 11) is 3.68. The lowest BCUT2D eigenvalue weighted by Gasteiger charge is -2.24. The molecule has 0 amide bonds. The van der Waals surface area contributed by atoms with Gasteiger partial charge in [0, 0.05) is 30.0 Å². The van der Waals surface area contributed by atoms with Gasteiger partial charge in [-0.05, 0) is 44.0 Å². The van der Waals surface area contributed by atoms with Gasteiger partial charge in [-0.15, -0.1) is 0 Å². The molecular weight excluding hydrogens is 286 g/mol. The van der Waals surface area contributed by atoms with Crippen LogP contribution in [-0.4, -0.2) is 48.2 Å². The van der Waals surface area contributed by atoms with Crippen LogP contribution in [0, 0.1) is 0 Å². The van der Waals surface area contributed by atoms with Gasteiger partial charge in [-0.2, -0.15) is 11.8 Å². The molecule has 4 nitrogen and oxygen atoms in total. The Kier molecular flexibility index (Phi) is 7.32. The van der Waals surface area contributed by atoms with Crippen LogP contribution in [0.5, 0.6) is 5.75 Å². The second-order valence-corrected chi connectivity index (χ2v) is 5.88. The van der Waals surface area contributed by atoms with Gasteiger partial charge >= 0.3 is 5.97 Å². The minimum Gasteiger partial charge on any atom is -0.496 e. The Morgan fingerprint density at radius 1 is 1.52 bits per heavy atom. The van der Waals surface area contributed by atoms with Gasteiger partial charge in [-0.1, -0.05) is 6.07 Å². The molecule has 0 fully saturated rings. The molecular formula is C16H23NO3S. The fourth-order valence-corrected chi connectivity index (χ4v) is 2.72. The number of nitrogens with zero attached hydrogens (tertiary/aromatic N) is 1. The molecule has 0 aromatic heterocycles. The van der Waals surface area contributed by atoms with Crippen molar-refractivity contribution < 1.29 is 14.6 Å². The normalized spacial score (nSPS) is 12.8. The lowest BCUT2D eigenvalue weighted by Crippen LogP contribution is -2.30. The Morgan fingerprint density at radius 2 is 2.24 bits per heavy atom. The average Bonchev–Trinajstić information content (AvgIpc) is 2.45. The molecule has 1 aromatic carbocycles. The number of carbonyl (C=O) groups is 1. The highest BCUT2D eigenvalue weighted by molar-refractivity contribution is 7.98. The monoisotopic (exact) mass is 309 g/mol. The van der Waals surface area contributed by atoms with Gasteiger partial charge in [0.1, 0.15) is 5.75 Å². The van der Waals surface area contributed by atoms with Crippen molar-refractivity contribution >= 4 is 23.8 Å². The number of methoxy groups -OCH3 is 1. The Morgan fingerprint density at radius 3 is 2.81 bits per heavy atom. The highest BCUT2D eigenvalue weighted by atomic mass is 32.2. The summed E-state index contributed by atoms with van der Waals surface area (Å²) in [6.07, 6.45) is 4.80. The Balaban J connectivity index is 2.89. The van der Waals surface area contributed by atoms with Crippen LogP contribution >= 0.6 is 11.8 Å². The Labute approximate surface area is 130 Å². The van der Waals surface area contributed by atoms with Crippen LogP contribution in [0.1, 0.15) is 18.1 Å². The number of aliphatic carboxylic acids is 1. The number of hydrogen-bond acceptors (Lipinski definition) is 4. The number of thioether (sulfide) groups is 1. The first-order chi connectivity index (χ1) is 9.97. The van der Waals surface area contributed by atoms with Gasteiger partial charge in [0.15, 0.2) is 0 Å². The van der Waals surface area contributed by atoms with E-state index in [1.807, 2.05) is 30.0 Å². The summed E-state index contributed by atoms with van der Waals surface area (Å²) in [5, 5.41) is 8.75. The lowest BCUT2D eigenvalue weighted by molar-refractivity contribution is -0.131. The van der Waals surface area contributed by atoms with Crippen molar-refractivity contribution in [1.82, 2.24) is 4.90 Å². The maximum absolute atomic E-state index is 10.7. The first-order valence-electron chi connectivity index (χ1n) is 6.75. The third-order valence-corrected chi connectivity index (χ3v) is 4.11. The van der Waals surface area contributed by atoms with Crippen LogP contribution in [0.15, 0.2) is 24.3 Å². The van der Waals surface area contributed by atoms with Gasteiger partial charge in [0.2, 0.25) is 0 Å². The van der Waals surface area contributed by atoms with Gasteiger partial charge in [0.05, 0.1) is 7.11 Å². The van der Waals surface area contributed by atoms with Crippen molar-refractivity contribution in [2.75, 3.05) is 26.2 Å². The zero-order valence-corrected chi connectivity index (χ0v) is 13.8. The summed E-state index contributed by atoms with van der Waals surface area (Å²) in [6.45, 7) is 3.02. The quantitative estimate of drug-likeness (QED) is 0.748. The average molecular weight is 309 g/mol. The van der Waals surface area contributed by atoms with Gasteiger partial charge in [0.25, 0.3) is 0 Å². The fraction of sp³-hybridized carbons (Fsp3) is 0.438. The molecule has 0 aliphatic heterocycles. The lowest BCUT2D eigenvalue weighted by atomic mass is 10.1. The van der Waals surface area contributed by atoms with E-state index < -0.39 is 5.97 Å². The molecule has 21 heavy (non-hydrogen) atoms. The number of benzene rings is 1. The molecule has 116 valence electrons. The molecule has 1 unspecified atom stereocenters. The molecule has 0 saturated carbocycles. The molecule has 0 spiro atoms. The maximum Gasteiger partial charge on any atom is 0.328 e. The fourth-order valence-electron chi connectivity index (χ4n) is 1.99. The van der Waals surface area contributed by atoms with E-state index in [4.69, 9.17) is 9.84 Å². The van der Waals surface area contributed by atoms with Gasteiger partial charge in [-0.3, -0.25) is 4.90 Å². The summed E-state index contributed by atoms with van der Waals surface area (Å²) in [6, 6.07) is 6.35. The van der Waals surface area contributed by atoms with Crippen LogP contribution in [0.25, 0.3) is 6.08 Å². The summed E-state index contributed by atoms with van der Waals surface area (Å²) < 4.78 is 5.26. The number of ether oxygens (including phenoxy) is 1. The van der Waals surface area contributed by atoms with E-state index in [2.05, 4.69) is 25.1 Å². The second-order valence-electron chi connectivity index (χ2n) is 4.97. The van der Waals surface area contributed by atoms with E-state index in [9.17, 15) is 4.79 Å². The van der Waals surface area contributed by atoms with E-state index in [1.165, 1.54) is 0 Å². The standard InChI is InChI=1S/C16H23NO3S/c1-12(11-21-4)17(2)10-13-5-7-15(20-3)14(9-13)6-8-16(18)19/h5-9,12H,10-11H2,1-4H3,(H,18,19)/b8-6+. The minimum absolute atomic E-state index is 0.486. The SMILES string of the molecule is COc1ccc(CN(C)C(C)CSC)cc1/C=C/C(=O)O. The largest absolute Gasteiger partial charge is 0.496 e. The molecule has 0 heterocycles. The van der Waals surface area contributed by atoms with Crippen LogP contribution in [0.2, 0.25) is 0 Å². The van der Waals surface area contributed by atoms with E-state index >= 15 is 0 Å². The Bertz CT molecular complexity index is 502. The molecule has 0 bridgehead atoms. The van der Waals surface area contributed by atoms with Crippen LogP contribution in [0.3, 0.4) is 0 Å². The highest BCUT2D eigenvalue weighted by Gasteiger charge is 2.10. The number of carboxylic acids is 1. The molecule has 5 heteroatoms. The highest BCUT2D eigenvalue weighted by Crippen LogP contribution is 2.22. The van der Waals surface area contributed by atoms with Crippen molar-refractivity contribution in [2.24, 2.45) is 0 Å². The topological polar surface area (TPSA) is 49.8 Å². The Hall–Kier alpha value is -1.46. The smallest absolute Gasteiger partial charge is 0.328 e. The number of carboxylic acid groups (broad SMARTS) is 1. The second kappa shape index (κ2) is 8.74. The molecule has 1 N–H and O–H groups in total. The first-order valence-corrected chi connectivity index (χ1v) is 8.14. The summed E-state index contributed by atoms with van der Waals surface area (Å²) in [5.41, 5.74) is 1.92. The third kappa shape index (κ3) is 5.81. The number of hydrogen-bond donors (Lipinski definition) is 1. The van der Waals surface area contributed by atoms with Gasteiger partial charge in [-0.25, -0.2) is 4.79 Å². The summed E-state index contributed by atoms with van der Waals surface area (Å²) in [5.74, 6) is 0.794. The molecule has 1 rings (SSSR count). The molecule has 1 aromatic rings. The van der Waals surface area contributed by atoms with Crippen LogP contribution < -0.4 is 4.74 Å². The van der Waals surface area contributed by atoms with E-state index in [0.29, 0.717) is 11.8 Å². The first kappa shape index (κ1) is 17.6. The van der Waals surface area contributed by atoms with Crippen molar-refractivity contribution in [3.05, 3.63) is 35.4 Å². The van der Waals surface area contributed by atoms with Crippen molar-refractivity contribution in [2.45, 2.75) is 19.5 Å². The maximum atomic E-state index is 10.7. The van der Waals surface area contributed by atoms with Crippen LogP contribution in [0.4, 0.5) is 0 Å².